The summed E-state index contributed by atoms with van der Waals surface area (Å²) in [5.74, 6) is 0.396. The van der Waals surface area contributed by atoms with Crippen LogP contribution in [0.1, 0.15) is 22.8 Å². The van der Waals surface area contributed by atoms with Crippen LogP contribution in [0.5, 0.6) is 0 Å². The molecule has 1 aliphatic carbocycles. The highest BCUT2D eigenvalue weighted by Crippen LogP contribution is 2.37. The Morgan fingerprint density at radius 1 is 0.792 bits per heavy atom. The number of carbonyl (C=O) groups is 1. The Bertz CT molecular complexity index is 831. The van der Waals surface area contributed by atoms with Crippen molar-refractivity contribution in [2.45, 2.75) is 13.3 Å². The lowest BCUT2D eigenvalue weighted by Crippen LogP contribution is -2.23. The fourth-order valence-electron chi connectivity index (χ4n) is 3.48. The van der Waals surface area contributed by atoms with E-state index in [0.717, 1.165) is 12.0 Å². The zero-order valence-corrected chi connectivity index (χ0v) is 14.5. The standard InChI is InChI=1S/C22H19OP/c1-16-15-20-19(22(16)23)13-8-14-21(20)24(17-9-4-2-5-10-17)18-11-6-3-7-12-18/h2-14,16H,15H2,1H3. The average molecular weight is 330 g/mol. The molecule has 24 heavy (non-hydrogen) atoms. The molecule has 0 heterocycles. The Morgan fingerprint density at radius 2 is 1.38 bits per heavy atom. The summed E-state index contributed by atoms with van der Waals surface area (Å²) >= 11 is 0. The van der Waals surface area contributed by atoms with Crippen LogP contribution in [-0.4, -0.2) is 5.78 Å². The Morgan fingerprint density at radius 3 is 1.96 bits per heavy atom. The van der Waals surface area contributed by atoms with Gasteiger partial charge in [0, 0.05) is 11.5 Å². The van der Waals surface area contributed by atoms with Crippen LogP contribution in [-0.2, 0) is 6.42 Å². The molecular weight excluding hydrogens is 311 g/mol. The van der Waals surface area contributed by atoms with Crippen LogP contribution in [0.3, 0.4) is 0 Å². The summed E-state index contributed by atoms with van der Waals surface area (Å²) in [6.45, 7) is 2.04. The molecule has 1 unspecified atom stereocenters. The summed E-state index contributed by atoms with van der Waals surface area (Å²) in [5, 5.41) is 4.00. The van der Waals surface area contributed by atoms with Gasteiger partial charge in [-0.2, -0.15) is 0 Å². The van der Waals surface area contributed by atoms with E-state index in [1.165, 1.54) is 21.5 Å². The van der Waals surface area contributed by atoms with E-state index in [1.807, 2.05) is 19.1 Å². The summed E-state index contributed by atoms with van der Waals surface area (Å²) in [7, 11) is -0.639. The third-order valence-electron chi connectivity index (χ3n) is 4.64. The predicted molar refractivity (Wildman–Crippen MR) is 102 cm³/mol. The Kier molecular flexibility index (Phi) is 4.04. The molecule has 0 saturated heterocycles. The monoisotopic (exact) mass is 330 g/mol. The quantitative estimate of drug-likeness (QED) is 0.667. The number of hydrogen-bond donors (Lipinski definition) is 0. The van der Waals surface area contributed by atoms with Gasteiger partial charge in [0.1, 0.15) is 0 Å². The average Bonchev–Trinajstić information content (AvgIpc) is 2.93. The predicted octanol–water partition coefficient (Wildman–Crippen LogP) is 3.82. The van der Waals surface area contributed by atoms with Gasteiger partial charge < -0.3 is 0 Å². The second-order valence-electron chi connectivity index (χ2n) is 6.28. The topological polar surface area (TPSA) is 17.1 Å². The minimum Gasteiger partial charge on any atom is -0.294 e. The number of Topliss-reactive ketones (excluding diaryl/α,β-unsaturated/α-hetero) is 1. The number of carbonyl (C=O) groups excluding carboxylic acids is 1. The van der Waals surface area contributed by atoms with Crippen LogP contribution >= 0.6 is 7.92 Å². The van der Waals surface area contributed by atoms with Crippen LogP contribution in [0, 0.1) is 5.92 Å². The van der Waals surface area contributed by atoms with Crippen molar-refractivity contribution in [3.63, 3.8) is 0 Å². The molecule has 0 spiro atoms. The van der Waals surface area contributed by atoms with Gasteiger partial charge in [0.05, 0.1) is 0 Å². The SMILES string of the molecule is CC1Cc2c(cccc2P(c2ccccc2)c2ccccc2)C1=O. The van der Waals surface area contributed by atoms with Crippen LogP contribution in [0.25, 0.3) is 0 Å². The van der Waals surface area contributed by atoms with Crippen LogP contribution in [0.4, 0.5) is 0 Å². The summed E-state index contributed by atoms with van der Waals surface area (Å²) < 4.78 is 0. The first-order valence-electron chi connectivity index (χ1n) is 8.32. The molecule has 0 aliphatic heterocycles. The molecule has 2 heteroatoms. The fraction of sp³-hybridized carbons (Fsp3) is 0.136. The molecule has 0 radical (unpaired) electrons. The molecule has 0 saturated carbocycles. The molecule has 4 rings (SSSR count). The van der Waals surface area contributed by atoms with E-state index in [2.05, 4.69) is 66.7 Å². The number of benzene rings is 3. The first-order chi connectivity index (χ1) is 11.8. The van der Waals surface area contributed by atoms with Gasteiger partial charge >= 0.3 is 0 Å². The molecule has 0 aromatic heterocycles. The van der Waals surface area contributed by atoms with Crippen molar-refractivity contribution in [3.8, 4) is 0 Å². The lowest BCUT2D eigenvalue weighted by Gasteiger charge is -2.22. The molecule has 1 aliphatic rings. The van der Waals surface area contributed by atoms with E-state index in [4.69, 9.17) is 0 Å². The molecule has 3 aromatic rings. The molecule has 0 fully saturated rings. The number of rotatable bonds is 3. The van der Waals surface area contributed by atoms with Gasteiger partial charge in [0.15, 0.2) is 5.78 Å². The summed E-state index contributed by atoms with van der Waals surface area (Å²) in [6, 6.07) is 27.6. The van der Waals surface area contributed by atoms with Gasteiger partial charge in [0.2, 0.25) is 0 Å². The molecule has 1 nitrogen and oxygen atoms in total. The zero-order valence-electron chi connectivity index (χ0n) is 13.6. The molecule has 0 N–H and O–H groups in total. The molecule has 118 valence electrons. The summed E-state index contributed by atoms with van der Waals surface area (Å²) in [6.07, 6.45) is 0.864. The van der Waals surface area contributed by atoms with Gasteiger partial charge in [0.25, 0.3) is 0 Å². The van der Waals surface area contributed by atoms with Crippen molar-refractivity contribution in [1.29, 1.82) is 0 Å². The second-order valence-corrected chi connectivity index (χ2v) is 8.46. The minimum atomic E-state index is -0.639. The highest BCUT2D eigenvalue weighted by atomic mass is 31.1. The van der Waals surface area contributed by atoms with Crippen LogP contribution in [0.15, 0.2) is 78.9 Å². The van der Waals surface area contributed by atoms with Crippen molar-refractivity contribution in [1.82, 2.24) is 0 Å². The van der Waals surface area contributed by atoms with Crippen molar-refractivity contribution in [3.05, 3.63) is 90.0 Å². The van der Waals surface area contributed by atoms with Crippen LogP contribution < -0.4 is 15.9 Å². The van der Waals surface area contributed by atoms with Gasteiger partial charge in [-0.25, -0.2) is 0 Å². The highest BCUT2D eigenvalue weighted by molar-refractivity contribution is 7.79. The Labute approximate surface area is 144 Å². The van der Waals surface area contributed by atoms with E-state index < -0.39 is 7.92 Å². The molecule has 3 aromatic carbocycles. The van der Waals surface area contributed by atoms with E-state index in [-0.39, 0.29) is 5.92 Å². The Balaban J connectivity index is 1.92. The normalized spacial score (nSPS) is 16.4. The largest absolute Gasteiger partial charge is 0.294 e. The van der Waals surface area contributed by atoms with Crippen molar-refractivity contribution in [2.75, 3.05) is 0 Å². The number of fused-ring (bicyclic) bond motifs is 1. The Hall–Kier alpha value is -2.24. The third kappa shape index (κ3) is 2.60. The van der Waals surface area contributed by atoms with Crippen molar-refractivity contribution < 1.29 is 4.79 Å². The summed E-state index contributed by atoms with van der Waals surface area (Å²) in [4.78, 5) is 12.5. The fourth-order valence-corrected chi connectivity index (χ4v) is 5.99. The van der Waals surface area contributed by atoms with E-state index in [1.54, 1.807) is 0 Å². The third-order valence-corrected chi connectivity index (χ3v) is 7.17. The lowest BCUT2D eigenvalue weighted by molar-refractivity contribution is 0.0946. The van der Waals surface area contributed by atoms with Crippen molar-refractivity contribution in [2.24, 2.45) is 5.92 Å². The maximum Gasteiger partial charge on any atom is 0.166 e. The van der Waals surface area contributed by atoms with E-state index in [9.17, 15) is 4.79 Å². The number of ketones is 1. The van der Waals surface area contributed by atoms with Gasteiger partial charge in [-0.3, -0.25) is 4.79 Å². The van der Waals surface area contributed by atoms with E-state index in [0.29, 0.717) is 5.78 Å². The zero-order chi connectivity index (χ0) is 16.5. The molecule has 1 atom stereocenters. The number of hydrogen-bond acceptors (Lipinski definition) is 1. The summed E-state index contributed by atoms with van der Waals surface area (Å²) in [5.41, 5.74) is 2.19. The van der Waals surface area contributed by atoms with Gasteiger partial charge in [-0.1, -0.05) is 85.8 Å². The molecule has 0 bridgehead atoms. The highest BCUT2D eigenvalue weighted by Gasteiger charge is 2.31. The smallest absolute Gasteiger partial charge is 0.166 e. The van der Waals surface area contributed by atoms with Crippen molar-refractivity contribution >= 4 is 29.6 Å². The maximum absolute atomic E-state index is 12.5. The first kappa shape index (κ1) is 15.3. The lowest BCUT2D eigenvalue weighted by atomic mass is 10.1. The maximum atomic E-state index is 12.5. The first-order valence-corrected chi connectivity index (χ1v) is 9.66. The van der Waals surface area contributed by atoms with Gasteiger partial charge in [-0.15, -0.1) is 0 Å². The van der Waals surface area contributed by atoms with E-state index >= 15 is 0 Å². The minimum absolute atomic E-state index is 0.101. The van der Waals surface area contributed by atoms with Crippen LogP contribution in [0.2, 0.25) is 0 Å². The second kappa shape index (κ2) is 6.34. The molecule has 0 amide bonds. The van der Waals surface area contributed by atoms with Gasteiger partial charge in [-0.05, 0) is 35.8 Å². The molecular formula is C22H19OP.